The van der Waals surface area contributed by atoms with E-state index in [2.05, 4.69) is 24.8 Å². The third-order valence-corrected chi connectivity index (χ3v) is 2.98. The molecule has 1 aromatic rings. The molecule has 1 aromatic carbocycles. The lowest BCUT2D eigenvalue weighted by molar-refractivity contribution is 0.240. The maximum absolute atomic E-state index is 8.73. The van der Waals surface area contributed by atoms with Gasteiger partial charge in [-0.05, 0) is 31.5 Å². The fourth-order valence-electron chi connectivity index (χ4n) is 1.38. The van der Waals surface area contributed by atoms with Gasteiger partial charge in [0.2, 0.25) is 0 Å². The van der Waals surface area contributed by atoms with Gasteiger partial charge in [-0.1, -0.05) is 29.3 Å². The summed E-state index contributed by atoms with van der Waals surface area (Å²) in [6.07, 6.45) is 0. The van der Waals surface area contributed by atoms with Crippen molar-refractivity contribution in [2.75, 3.05) is 6.54 Å². The van der Waals surface area contributed by atoms with Crippen molar-refractivity contribution in [3.05, 3.63) is 33.8 Å². The van der Waals surface area contributed by atoms with E-state index in [1.807, 2.05) is 12.1 Å². The first-order chi connectivity index (χ1) is 7.54. The second-order valence-electron chi connectivity index (χ2n) is 3.89. The normalized spacial score (nSPS) is 10.8. The molecule has 0 aliphatic carbocycles. The fraction of sp³-hybridized carbons (Fsp3) is 0.417. The van der Waals surface area contributed by atoms with Gasteiger partial charge in [0, 0.05) is 22.6 Å². The number of halogens is 2. The fourth-order valence-corrected chi connectivity index (χ4v) is 1.85. The van der Waals surface area contributed by atoms with E-state index in [1.165, 1.54) is 0 Å². The minimum Gasteiger partial charge on any atom is -0.284 e. The molecule has 2 nitrogen and oxygen atoms in total. The molecule has 0 radical (unpaired) electrons. The van der Waals surface area contributed by atoms with E-state index in [4.69, 9.17) is 28.5 Å². The number of nitriles is 1. The van der Waals surface area contributed by atoms with Crippen molar-refractivity contribution in [1.29, 1.82) is 5.26 Å². The van der Waals surface area contributed by atoms with Crippen LogP contribution in [-0.4, -0.2) is 17.5 Å². The quantitative estimate of drug-likeness (QED) is 0.768. The highest BCUT2D eigenvalue weighted by molar-refractivity contribution is 6.35. The molecule has 4 heteroatoms. The van der Waals surface area contributed by atoms with Gasteiger partial charge in [-0.2, -0.15) is 5.26 Å². The molecule has 86 valence electrons. The molecule has 0 amide bonds. The molecule has 0 aromatic heterocycles. The van der Waals surface area contributed by atoms with Crippen molar-refractivity contribution >= 4 is 23.2 Å². The van der Waals surface area contributed by atoms with Crippen LogP contribution in [0.15, 0.2) is 18.2 Å². The number of benzene rings is 1. The maximum Gasteiger partial charge on any atom is 0.0871 e. The van der Waals surface area contributed by atoms with Crippen LogP contribution in [0.2, 0.25) is 10.0 Å². The number of hydrogen-bond donors (Lipinski definition) is 0. The Morgan fingerprint density at radius 1 is 1.38 bits per heavy atom. The molecule has 1 rings (SSSR count). The lowest BCUT2D eigenvalue weighted by Gasteiger charge is -2.23. The van der Waals surface area contributed by atoms with Crippen molar-refractivity contribution in [3.8, 4) is 6.07 Å². The van der Waals surface area contributed by atoms with Crippen LogP contribution in [-0.2, 0) is 6.54 Å². The molecule has 0 aliphatic heterocycles. The molecule has 0 N–H and O–H groups in total. The molecule has 0 saturated carbocycles. The Morgan fingerprint density at radius 3 is 2.56 bits per heavy atom. The van der Waals surface area contributed by atoms with E-state index in [1.54, 1.807) is 6.07 Å². The molecule has 0 heterocycles. The number of hydrogen-bond acceptors (Lipinski definition) is 2. The van der Waals surface area contributed by atoms with E-state index >= 15 is 0 Å². The molecule has 0 spiro atoms. The van der Waals surface area contributed by atoms with E-state index < -0.39 is 0 Å². The molecule has 16 heavy (non-hydrogen) atoms. The van der Waals surface area contributed by atoms with E-state index in [-0.39, 0.29) is 0 Å². The van der Waals surface area contributed by atoms with Crippen LogP contribution in [0, 0.1) is 11.3 Å². The van der Waals surface area contributed by atoms with E-state index in [9.17, 15) is 0 Å². The van der Waals surface area contributed by atoms with Crippen molar-refractivity contribution in [3.63, 3.8) is 0 Å². The highest BCUT2D eigenvalue weighted by atomic mass is 35.5. The highest BCUT2D eigenvalue weighted by Crippen LogP contribution is 2.22. The van der Waals surface area contributed by atoms with Crippen LogP contribution in [0.5, 0.6) is 0 Å². The van der Waals surface area contributed by atoms with Gasteiger partial charge in [-0.25, -0.2) is 0 Å². The van der Waals surface area contributed by atoms with Gasteiger partial charge in [0.25, 0.3) is 0 Å². The second kappa shape index (κ2) is 6.10. The van der Waals surface area contributed by atoms with Gasteiger partial charge < -0.3 is 0 Å². The summed E-state index contributed by atoms with van der Waals surface area (Å²) >= 11 is 11.9. The van der Waals surface area contributed by atoms with Gasteiger partial charge in [0.05, 0.1) is 12.6 Å². The summed E-state index contributed by atoms with van der Waals surface area (Å²) in [5.41, 5.74) is 0.995. The lowest BCUT2D eigenvalue weighted by atomic mass is 10.2. The zero-order valence-electron chi connectivity index (χ0n) is 9.37. The van der Waals surface area contributed by atoms with E-state index in [0.717, 1.165) is 5.56 Å². The Hall–Kier alpha value is -0.750. The summed E-state index contributed by atoms with van der Waals surface area (Å²) in [5, 5.41) is 10.0. The first-order valence-corrected chi connectivity index (χ1v) is 5.85. The van der Waals surface area contributed by atoms with E-state index in [0.29, 0.717) is 29.2 Å². The van der Waals surface area contributed by atoms with Crippen molar-refractivity contribution in [2.24, 2.45) is 0 Å². The summed E-state index contributed by atoms with van der Waals surface area (Å²) in [7, 11) is 0. The standard InChI is InChI=1S/C12H14Cl2N2/c1-9(2)16(6-5-15)8-10-3-4-11(13)7-12(10)14/h3-4,7,9H,6,8H2,1-2H3. The predicted octanol–water partition coefficient (Wildman–Crippen LogP) is 3.73. The zero-order valence-corrected chi connectivity index (χ0v) is 10.9. The molecule has 0 atom stereocenters. The van der Waals surface area contributed by atoms with Crippen molar-refractivity contribution in [2.45, 2.75) is 26.4 Å². The highest BCUT2D eigenvalue weighted by Gasteiger charge is 2.11. The smallest absolute Gasteiger partial charge is 0.0871 e. The summed E-state index contributed by atoms with van der Waals surface area (Å²) in [6, 6.07) is 7.91. The van der Waals surface area contributed by atoms with Crippen LogP contribution in [0.1, 0.15) is 19.4 Å². The SMILES string of the molecule is CC(C)N(CC#N)Cc1ccc(Cl)cc1Cl. The minimum atomic E-state index is 0.311. The van der Waals surface area contributed by atoms with Gasteiger partial charge in [0.15, 0.2) is 0 Å². The molecular weight excluding hydrogens is 243 g/mol. The topological polar surface area (TPSA) is 27.0 Å². The third kappa shape index (κ3) is 3.68. The zero-order chi connectivity index (χ0) is 12.1. The molecule has 0 unspecified atom stereocenters. The largest absolute Gasteiger partial charge is 0.284 e. The maximum atomic E-state index is 8.73. The lowest BCUT2D eigenvalue weighted by Crippen LogP contribution is -2.30. The Morgan fingerprint density at radius 2 is 2.06 bits per heavy atom. The average molecular weight is 257 g/mol. The Balaban J connectivity index is 2.82. The molecule has 0 fully saturated rings. The summed E-state index contributed by atoms with van der Waals surface area (Å²) in [5.74, 6) is 0. The third-order valence-electron chi connectivity index (χ3n) is 2.39. The molecule has 0 aliphatic rings. The molecular formula is C12H14Cl2N2. The van der Waals surface area contributed by atoms with Gasteiger partial charge >= 0.3 is 0 Å². The van der Waals surface area contributed by atoms with Crippen molar-refractivity contribution < 1.29 is 0 Å². The number of nitrogens with zero attached hydrogens (tertiary/aromatic N) is 2. The first kappa shape index (κ1) is 13.3. The minimum absolute atomic E-state index is 0.311. The summed E-state index contributed by atoms with van der Waals surface area (Å²) in [4.78, 5) is 2.05. The molecule has 0 saturated heterocycles. The van der Waals surface area contributed by atoms with Gasteiger partial charge in [-0.15, -0.1) is 0 Å². The Bertz CT molecular complexity index is 396. The second-order valence-corrected chi connectivity index (χ2v) is 4.74. The van der Waals surface area contributed by atoms with Crippen LogP contribution in [0.3, 0.4) is 0 Å². The monoisotopic (exact) mass is 256 g/mol. The Kier molecular flexibility index (Phi) is 5.08. The van der Waals surface area contributed by atoms with Gasteiger partial charge in [0.1, 0.15) is 0 Å². The van der Waals surface area contributed by atoms with Crippen LogP contribution >= 0.6 is 23.2 Å². The summed E-state index contributed by atoms with van der Waals surface area (Å²) in [6.45, 7) is 5.18. The van der Waals surface area contributed by atoms with Crippen LogP contribution < -0.4 is 0 Å². The van der Waals surface area contributed by atoms with Crippen molar-refractivity contribution in [1.82, 2.24) is 4.90 Å². The summed E-state index contributed by atoms with van der Waals surface area (Å²) < 4.78 is 0. The predicted molar refractivity (Wildman–Crippen MR) is 67.6 cm³/mol. The average Bonchev–Trinajstić information content (AvgIpc) is 2.20. The van der Waals surface area contributed by atoms with Crippen LogP contribution in [0.4, 0.5) is 0 Å². The Labute approximate surface area is 106 Å². The number of rotatable bonds is 4. The van der Waals surface area contributed by atoms with Gasteiger partial charge in [-0.3, -0.25) is 4.90 Å². The molecule has 0 bridgehead atoms. The van der Waals surface area contributed by atoms with Crippen LogP contribution in [0.25, 0.3) is 0 Å². The first-order valence-electron chi connectivity index (χ1n) is 5.09.